The molecular weight excluding hydrogens is 482 g/mol. The summed E-state index contributed by atoms with van der Waals surface area (Å²) in [6.07, 6.45) is 3.65. The quantitative estimate of drug-likeness (QED) is 0.384. The maximum absolute atomic E-state index is 13.6. The zero-order valence-corrected chi connectivity index (χ0v) is 21.7. The number of aromatic amines is 1. The monoisotopic (exact) mass is 513 g/mol. The van der Waals surface area contributed by atoms with Crippen LogP contribution in [0, 0.1) is 6.92 Å². The molecule has 9 nitrogen and oxygen atoms in total. The highest BCUT2D eigenvalue weighted by Gasteiger charge is 2.22. The second-order valence-corrected chi connectivity index (χ2v) is 9.68. The lowest BCUT2D eigenvalue weighted by Gasteiger charge is -2.18. The summed E-state index contributed by atoms with van der Waals surface area (Å²) in [6.45, 7) is 5.77. The first-order valence-corrected chi connectivity index (χ1v) is 13.1. The fraction of sp³-hybridized carbons (Fsp3) is 0.345. The van der Waals surface area contributed by atoms with E-state index in [2.05, 4.69) is 21.6 Å². The molecule has 196 valence electrons. The van der Waals surface area contributed by atoms with Gasteiger partial charge in [-0.1, -0.05) is 60.6 Å². The van der Waals surface area contributed by atoms with Crippen molar-refractivity contribution in [1.29, 1.82) is 0 Å². The van der Waals surface area contributed by atoms with Crippen LogP contribution in [0.5, 0.6) is 0 Å². The van der Waals surface area contributed by atoms with Gasteiger partial charge in [-0.2, -0.15) is 0 Å². The average Bonchev–Trinajstić information content (AvgIpc) is 3.62. The molecular formula is C29H31N5O4. The third-order valence-electron chi connectivity index (χ3n) is 7.04. The van der Waals surface area contributed by atoms with Crippen molar-refractivity contribution in [2.24, 2.45) is 0 Å². The van der Waals surface area contributed by atoms with Crippen LogP contribution in [-0.4, -0.2) is 43.6 Å². The first-order valence-electron chi connectivity index (χ1n) is 13.1. The molecule has 0 bridgehead atoms. The van der Waals surface area contributed by atoms with Crippen LogP contribution in [0.1, 0.15) is 48.8 Å². The molecule has 4 aromatic rings. The summed E-state index contributed by atoms with van der Waals surface area (Å²) in [4.78, 5) is 47.1. The van der Waals surface area contributed by atoms with E-state index in [9.17, 15) is 14.4 Å². The minimum Gasteiger partial charge on any atom is -0.342 e. The zero-order valence-electron chi connectivity index (χ0n) is 21.7. The predicted molar refractivity (Wildman–Crippen MR) is 144 cm³/mol. The number of H-pyrrole nitrogens is 1. The molecule has 0 spiro atoms. The van der Waals surface area contributed by atoms with Gasteiger partial charge in [0.1, 0.15) is 5.82 Å². The van der Waals surface area contributed by atoms with Crippen molar-refractivity contribution in [2.75, 3.05) is 13.1 Å². The molecule has 1 aliphatic rings. The Morgan fingerprint density at radius 2 is 1.74 bits per heavy atom. The maximum Gasteiger partial charge on any atom is 0.439 e. The van der Waals surface area contributed by atoms with Crippen molar-refractivity contribution in [2.45, 2.75) is 52.5 Å². The molecule has 1 aliphatic heterocycles. The highest BCUT2D eigenvalue weighted by atomic mass is 16.5. The van der Waals surface area contributed by atoms with Gasteiger partial charge in [-0.15, -0.1) is 0 Å². The van der Waals surface area contributed by atoms with E-state index >= 15 is 0 Å². The number of aromatic nitrogens is 4. The Hall–Kier alpha value is -4.27. The van der Waals surface area contributed by atoms with Gasteiger partial charge in [-0.05, 0) is 42.9 Å². The lowest BCUT2D eigenvalue weighted by atomic mass is 9.98. The van der Waals surface area contributed by atoms with Gasteiger partial charge in [0.15, 0.2) is 5.82 Å². The smallest absolute Gasteiger partial charge is 0.342 e. The maximum atomic E-state index is 13.6. The minimum absolute atomic E-state index is 0.00392. The lowest BCUT2D eigenvalue weighted by Crippen LogP contribution is -2.35. The molecule has 3 heterocycles. The average molecular weight is 514 g/mol. The molecule has 1 fully saturated rings. The van der Waals surface area contributed by atoms with E-state index in [-0.39, 0.29) is 17.9 Å². The highest BCUT2D eigenvalue weighted by Crippen LogP contribution is 2.30. The fourth-order valence-electron chi connectivity index (χ4n) is 5.03. The Morgan fingerprint density at radius 1 is 1.03 bits per heavy atom. The Morgan fingerprint density at radius 3 is 2.39 bits per heavy atom. The van der Waals surface area contributed by atoms with Crippen molar-refractivity contribution in [3.8, 4) is 22.5 Å². The Kier molecular flexibility index (Phi) is 7.35. The Labute approximate surface area is 220 Å². The van der Waals surface area contributed by atoms with E-state index in [0.717, 1.165) is 60.4 Å². The van der Waals surface area contributed by atoms with Crippen LogP contribution in [0.15, 0.2) is 62.6 Å². The van der Waals surface area contributed by atoms with Crippen molar-refractivity contribution in [1.82, 2.24) is 24.6 Å². The van der Waals surface area contributed by atoms with Gasteiger partial charge >= 0.3 is 5.76 Å². The summed E-state index contributed by atoms with van der Waals surface area (Å²) in [6, 6.07) is 15.5. The second-order valence-electron chi connectivity index (χ2n) is 9.68. The largest absolute Gasteiger partial charge is 0.439 e. The molecule has 1 saturated heterocycles. The summed E-state index contributed by atoms with van der Waals surface area (Å²) in [5.74, 6) is 0.492. The normalized spacial score (nSPS) is 13.3. The standard InChI is InChI=1S/C29H31N5O4/c1-3-8-25-30-19(2)24(17-26(35)33-15-6-7-16-33)28(36)34(25)18-20-11-13-21(14-12-20)22-9-4-5-10-23(22)27-31-29(37)38-32-27/h4-5,9-14H,3,6-8,15-18H2,1-2H3,(H,31,32,37). The fourth-order valence-corrected chi connectivity index (χ4v) is 5.03. The minimum atomic E-state index is -0.605. The Bertz CT molecular complexity index is 1560. The van der Waals surface area contributed by atoms with E-state index < -0.39 is 5.76 Å². The highest BCUT2D eigenvalue weighted by molar-refractivity contribution is 5.80. The molecule has 5 rings (SSSR count). The number of nitrogens with one attached hydrogen (secondary N) is 1. The van der Waals surface area contributed by atoms with Gasteiger partial charge < -0.3 is 4.90 Å². The van der Waals surface area contributed by atoms with Crippen LogP contribution in [0.25, 0.3) is 22.5 Å². The molecule has 0 radical (unpaired) electrons. The number of aryl methyl sites for hydroxylation is 2. The van der Waals surface area contributed by atoms with Gasteiger partial charge in [0.25, 0.3) is 5.56 Å². The zero-order chi connectivity index (χ0) is 26.6. The molecule has 0 saturated carbocycles. The van der Waals surface area contributed by atoms with Gasteiger partial charge in [0.05, 0.1) is 13.0 Å². The number of rotatable bonds is 8. The van der Waals surface area contributed by atoms with Crippen molar-refractivity contribution >= 4 is 5.91 Å². The predicted octanol–water partition coefficient (Wildman–Crippen LogP) is 3.73. The molecule has 0 unspecified atom stereocenters. The van der Waals surface area contributed by atoms with Gasteiger partial charge in [-0.3, -0.25) is 23.7 Å². The third-order valence-corrected chi connectivity index (χ3v) is 7.04. The SMILES string of the molecule is CCCc1nc(C)c(CC(=O)N2CCCC2)c(=O)n1Cc1ccc(-c2ccccc2-c2noc(=O)[nH]2)cc1. The van der Waals surface area contributed by atoms with E-state index in [1.807, 2.05) is 60.4 Å². The lowest BCUT2D eigenvalue weighted by molar-refractivity contribution is -0.129. The van der Waals surface area contributed by atoms with E-state index in [0.29, 0.717) is 30.0 Å². The van der Waals surface area contributed by atoms with E-state index in [4.69, 9.17) is 4.98 Å². The van der Waals surface area contributed by atoms with Crippen molar-refractivity contribution in [3.05, 3.63) is 92.1 Å². The van der Waals surface area contributed by atoms with Crippen molar-refractivity contribution in [3.63, 3.8) is 0 Å². The van der Waals surface area contributed by atoms with Gasteiger partial charge in [0, 0.05) is 36.3 Å². The molecule has 0 aliphatic carbocycles. The number of benzene rings is 2. The molecule has 2 aromatic carbocycles. The summed E-state index contributed by atoms with van der Waals surface area (Å²) < 4.78 is 6.40. The summed E-state index contributed by atoms with van der Waals surface area (Å²) >= 11 is 0. The van der Waals surface area contributed by atoms with Crippen LogP contribution in [-0.2, 0) is 24.2 Å². The van der Waals surface area contributed by atoms with E-state index in [1.165, 1.54) is 0 Å². The number of hydrogen-bond donors (Lipinski definition) is 1. The summed E-state index contributed by atoms with van der Waals surface area (Å²) in [7, 11) is 0. The molecule has 9 heteroatoms. The van der Waals surface area contributed by atoms with Crippen LogP contribution in [0.4, 0.5) is 0 Å². The number of hydrogen-bond acceptors (Lipinski definition) is 6. The topological polar surface area (TPSA) is 114 Å². The molecule has 38 heavy (non-hydrogen) atoms. The Balaban J connectivity index is 1.44. The third kappa shape index (κ3) is 5.22. The van der Waals surface area contributed by atoms with E-state index in [1.54, 1.807) is 4.57 Å². The molecule has 0 atom stereocenters. The number of carbonyl (C=O) groups excluding carboxylic acids is 1. The summed E-state index contributed by atoms with van der Waals surface area (Å²) in [5, 5.41) is 3.83. The van der Waals surface area contributed by atoms with Crippen LogP contribution >= 0.6 is 0 Å². The molecule has 1 N–H and O–H groups in total. The number of likely N-dealkylation sites (tertiary alicyclic amines) is 1. The number of carbonyl (C=O) groups is 1. The first-order chi connectivity index (χ1) is 18.4. The molecule has 1 amide bonds. The van der Waals surface area contributed by atoms with Crippen LogP contribution in [0.2, 0.25) is 0 Å². The van der Waals surface area contributed by atoms with Crippen molar-refractivity contribution < 1.29 is 9.32 Å². The number of amides is 1. The van der Waals surface area contributed by atoms with Crippen LogP contribution < -0.4 is 11.3 Å². The van der Waals surface area contributed by atoms with Gasteiger partial charge in [-0.25, -0.2) is 9.78 Å². The molecule has 2 aromatic heterocycles. The number of nitrogens with zero attached hydrogens (tertiary/aromatic N) is 4. The summed E-state index contributed by atoms with van der Waals surface area (Å²) in [5.41, 5.74) is 4.51. The first kappa shape index (κ1) is 25.4. The second kappa shape index (κ2) is 11.0. The van der Waals surface area contributed by atoms with Crippen LogP contribution in [0.3, 0.4) is 0 Å². The van der Waals surface area contributed by atoms with Gasteiger partial charge in [0.2, 0.25) is 5.91 Å².